The van der Waals surface area contributed by atoms with E-state index in [1.165, 1.54) is 43.1 Å². The van der Waals surface area contributed by atoms with Gasteiger partial charge >= 0.3 is 0 Å². The molecule has 0 amide bonds. The average Bonchev–Trinajstić information content (AvgIpc) is 2.76. The fourth-order valence-corrected chi connectivity index (χ4v) is 2.76. The van der Waals surface area contributed by atoms with Crippen LogP contribution in [0.4, 0.5) is 11.4 Å². The van der Waals surface area contributed by atoms with Gasteiger partial charge in [-0.25, -0.2) is 4.99 Å². The molecule has 0 unspecified atom stereocenters. The van der Waals surface area contributed by atoms with Crippen LogP contribution in [0.5, 0.6) is 0 Å². The topological polar surface area (TPSA) is 51.4 Å². The predicted molar refractivity (Wildman–Crippen MR) is 86.5 cm³/mol. The zero-order valence-corrected chi connectivity index (χ0v) is 12.6. The number of nitrogens with one attached hydrogen (secondary N) is 1. The Kier molecular flexibility index (Phi) is 5.75. The number of rotatable bonds is 2. The van der Waals surface area contributed by atoms with Crippen LogP contribution >= 0.6 is 11.8 Å². The average molecular weight is 288 g/mol. The molecule has 106 valence electrons. The van der Waals surface area contributed by atoms with Gasteiger partial charge in [-0.3, -0.25) is 5.32 Å². The molecule has 1 saturated heterocycles. The smallest absolute Gasteiger partial charge is 0.183 e. The van der Waals surface area contributed by atoms with Gasteiger partial charge in [0.1, 0.15) is 0 Å². The molecule has 1 aliphatic heterocycles. The molecule has 1 aromatic rings. The Morgan fingerprint density at radius 2 is 1.95 bits per heavy atom. The predicted octanol–water partition coefficient (Wildman–Crippen LogP) is 3.49. The van der Waals surface area contributed by atoms with Crippen molar-refractivity contribution in [2.24, 2.45) is 4.99 Å². The molecule has 5 heteroatoms. The molecule has 0 bridgehead atoms. The number of para-hydroxylation sites is 2. The summed E-state index contributed by atoms with van der Waals surface area (Å²) in [5, 5.41) is 12.0. The van der Waals surface area contributed by atoms with Crippen molar-refractivity contribution in [3.8, 4) is 6.19 Å². The molecular formula is C15H20N4S. The number of aliphatic imine (C=N–C) groups is 1. The maximum absolute atomic E-state index is 8.74. The van der Waals surface area contributed by atoms with Gasteiger partial charge < -0.3 is 4.90 Å². The van der Waals surface area contributed by atoms with Crippen LogP contribution in [0.25, 0.3) is 0 Å². The summed E-state index contributed by atoms with van der Waals surface area (Å²) < 4.78 is 0. The minimum Gasteiger partial charge on any atom is -0.370 e. The summed E-state index contributed by atoms with van der Waals surface area (Å²) in [6, 6.07) is 8.17. The minimum absolute atomic E-state index is 0.634. The zero-order chi connectivity index (χ0) is 14.2. The summed E-state index contributed by atoms with van der Waals surface area (Å²) in [4.78, 5) is 6.99. The Morgan fingerprint density at radius 3 is 2.60 bits per heavy atom. The number of nitrogens with zero attached hydrogens (tertiary/aromatic N) is 3. The Labute approximate surface area is 124 Å². The molecule has 0 atom stereocenters. The first kappa shape index (κ1) is 14.7. The highest BCUT2D eigenvalue weighted by molar-refractivity contribution is 8.13. The van der Waals surface area contributed by atoms with E-state index in [-0.39, 0.29) is 0 Å². The van der Waals surface area contributed by atoms with Crippen LogP contribution in [0.1, 0.15) is 25.7 Å². The second kappa shape index (κ2) is 7.81. The maximum atomic E-state index is 8.74. The van der Waals surface area contributed by atoms with Crippen molar-refractivity contribution in [2.75, 3.05) is 24.2 Å². The maximum Gasteiger partial charge on any atom is 0.183 e. The highest BCUT2D eigenvalue weighted by Crippen LogP contribution is 2.30. The van der Waals surface area contributed by atoms with E-state index in [9.17, 15) is 0 Å². The monoisotopic (exact) mass is 288 g/mol. The number of amidine groups is 1. The summed E-state index contributed by atoms with van der Waals surface area (Å²) in [5.41, 5.74) is 2.10. The van der Waals surface area contributed by atoms with Crippen molar-refractivity contribution in [3.05, 3.63) is 24.3 Å². The molecule has 0 aliphatic carbocycles. The molecule has 20 heavy (non-hydrogen) atoms. The normalized spacial score (nSPS) is 16.4. The Morgan fingerprint density at radius 1 is 1.25 bits per heavy atom. The van der Waals surface area contributed by atoms with Gasteiger partial charge in [-0.2, -0.15) is 5.26 Å². The molecule has 1 heterocycles. The number of thioether (sulfide) groups is 1. The second-order valence-corrected chi connectivity index (χ2v) is 5.54. The van der Waals surface area contributed by atoms with Gasteiger partial charge in [0.05, 0.1) is 11.4 Å². The highest BCUT2D eigenvalue weighted by atomic mass is 32.2. The van der Waals surface area contributed by atoms with Crippen LogP contribution in [-0.2, 0) is 0 Å². The zero-order valence-electron chi connectivity index (χ0n) is 11.8. The van der Waals surface area contributed by atoms with E-state index >= 15 is 0 Å². The lowest BCUT2D eigenvalue weighted by molar-refractivity contribution is 0.726. The highest BCUT2D eigenvalue weighted by Gasteiger charge is 2.13. The SMILES string of the molecule is CSC(=Nc1ccccc1N1CCCCCC1)NC#N. The van der Waals surface area contributed by atoms with Crippen LogP contribution in [0.2, 0.25) is 0 Å². The van der Waals surface area contributed by atoms with E-state index in [1.54, 1.807) is 0 Å². The molecule has 0 spiro atoms. The molecule has 2 rings (SSSR count). The van der Waals surface area contributed by atoms with Crippen molar-refractivity contribution in [1.82, 2.24) is 5.32 Å². The molecule has 0 radical (unpaired) electrons. The Balaban J connectivity index is 2.27. The lowest BCUT2D eigenvalue weighted by atomic mass is 10.2. The van der Waals surface area contributed by atoms with Crippen LogP contribution < -0.4 is 10.2 Å². The minimum atomic E-state index is 0.634. The van der Waals surface area contributed by atoms with Gasteiger partial charge in [0, 0.05) is 13.1 Å². The number of nitriles is 1. The summed E-state index contributed by atoms with van der Waals surface area (Å²) in [7, 11) is 0. The summed E-state index contributed by atoms with van der Waals surface area (Å²) in [6.07, 6.45) is 8.95. The van der Waals surface area contributed by atoms with Crippen LogP contribution in [0, 0.1) is 11.5 Å². The Bertz CT molecular complexity index is 499. The number of hydrogen-bond acceptors (Lipinski definition) is 4. The quantitative estimate of drug-likeness (QED) is 0.392. The first-order valence-corrected chi connectivity index (χ1v) is 8.19. The molecule has 0 saturated carbocycles. The molecule has 1 fully saturated rings. The first-order chi connectivity index (χ1) is 9.85. The number of hydrogen-bond donors (Lipinski definition) is 1. The third-order valence-corrected chi connectivity index (χ3v) is 3.99. The van der Waals surface area contributed by atoms with E-state index in [4.69, 9.17) is 5.26 Å². The molecule has 0 aromatic heterocycles. The van der Waals surface area contributed by atoms with Crippen molar-refractivity contribution in [3.63, 3.8) is 0 Å². The van der Waals surface area contributed by atoms with Gasteiger partial charge in [0.2, 0.25) is 0 Å². The van der Waals surface area contributed by atoms with Crippen LogP contribution in [0.3, 0.4) is 0 Å². The van der Waals surface area contributed by atoms with Crippen molar-refractivity contribution in [1.29, 1.82) is 5.26 Å². The van der Waals surface area contributed by atoms with Crippen LogP contribution in [0.15, 0.2) is 29.3 Å². The van der Waals surface area contributed by atoms with Crippen molar-refractivity contribution in [2.45, 2.75) is 25.7 Å². The van der Waals surface area contributed by atoms with E-state index in [1.807, 2.05) is 24.6 Å². The summed E-state index contributed by atoms with van der Waals surface area (Å²) >= 11 is 1.45. The van der Waals surface area contributed by atoms with Gasteiger partial charge in [-0.15, -0.1) is 0 Å². The fourth-order valence-electron chi connectivity index (χ4n) is 2.42. The molecule has 1 aromatic carbocycles. The Hall–Kier alpha value is -1.67. The lowest BCUT2D eigenvalue weighted by Crippen LogP contribution is -2.24. The number of anilines is 1. The lowest BCUT2D eigenvalue weighted by Gasteiger charge is -2.24. The van der Waals surface area contributed by atoms with Gasteiger partial charge in [-0.1, -0.05) is 36.7 Å². The third kappa shape index (κ3) is 3.91. The molecule has 1 aliphatic rings. The first-order valence-electron chi connectivity index (χ1n) is 6.97. The fraction of sp³-hybridized carbons (Fsp3) is 0.467. The number of benzene rings is 1. The molecule has 1 N–H and O–H groups in total. The van der Waals surface area contributed by atoms with Gasteiger partial charge in [-0.05, 0) is 31.2 Å². The van der Waals surface area contributed by atoms with Crippen molar-refractivity contribution >= 4 is 28.3 Å². The molecule has 4 nitrogen and oxygen atoms in total. The van der Waals surface area contributed by atoms with Gasteiger partial charge in [0.15, 0.2) is 11.4 Å². The second-order valence-electron chi connectivity index (χ2n) is 4.75. The van der Waals surface area contributed by atoms with E-state index in [0.29, 0.717) is 5.17 Å². The summed E-state index contributed by atoms with van der Waals surface area (Å²) in [5.74, 6) is 0. The van der Waals surface area contributed by atoms with E-state index in [0.717, 1.165) is 18.8 Å². The summed E-state index contributed by atoms with van der Waals surface area (Å²) in [6.45, 7) is 2.18. The van der Waals surface area contributed by atoms with Crippen LogP contribution in [-0.4, -0.2) is 24.5 Å². The van der Waals surface area contributed by atoms with Gasteiger partial charge in [0.25, 0.3) is 0 Å². The van der Waals surface area contributed by atoms with E-state index in [2.05, 4.69) is 27.3 Å². The van der Waals surface area contributed by atoms with E-state index < -0.39 is 0 Å². The van der Waals surface area contributed by atoms with Crippen molar-refractivity contribution < 1.29 is 0 Å². The third-order valence-electron chi connectivity index (χ3n) is 3.41. The standard InChI is InChI=1S/C15H20N4S/c1-20-15(17-12-16)18-13-8-4-5-9-14(13)19-10-6-2-3-7-11-19/h4-5,8-9H,2-3,6-7,10-11H2,1H3,(H,17,18). The largest absolute Gasteiger partial charge is 0.370 e. The molecular weight excluding hydrogens is 268 g/mol.